The van der Waals surface area contributed by atoms with Crippen LogP contribution in [0.15, 0.2) is 83.9 Å². The third-order valence-corrected chi connectivity index (χ3v) is 8.87. The highest BCUT2D eigenvalue weighted by Crippen LogP contribution is 2.31. The third kappa shape index (κ3) is 9.10. The van der Waals surface area contributed by atoms with Gasteiger partial charge in [-0.2, -0.15) is 0 Å². The predicted octanol–water partition coefficient (Wildman–Crippen LogP) is 6.15. The minimum Gasteiger partial charge on any atom is -0.494 e. The quantitative estimate of drug-likeness (QED) is 0.185. The molecule has 3 aromatic carbocycles. The summed E-state index contributed by atoms with van der Waals surface area (Å²) in [5, 5.41) is 9.49. The van der Waals surface area contributed by atoms with Crippen molar-refractivity contribution in [1.29, 1.82) is 0 Å². The summed E-state index contributed by atoms with van der Waals surface area (Å²) in [6.07, 6.45) is 9.76. The van der Waals surface area contributed by atoms with Gasteiger partial charge in [0.2, 0.25) is 5.91 Å². The summed E-state index contributed by atoms with van der Waals surface area (Å²) in [5.74, 6) is 1.78. The molecule has 1 saturated carbocycles. The normalized spacial score (nSPS) is 14.5. The number of unbranched alkanes of at least 4 members (excludes halogenated alkanes) is 1. The summed E-state index contributed by atoms with van der Waals surface area (Å²) >= 11 is 0. The van der Waals surface area contributed by atoms with Gasteiger partial charge in [-0.3, -0.25) is 14.5 Å². The number of guanidine groups is 1. The average molecular weight is 626 g/mol. The molecule has 0 aromatic heterocycles. The number of aliphatic hydroxyl groups excluding tert-OH is 1. The maximum atomic E-state index is 13.7. The number of anilines is 2. The number of ether oxygens (including phenoxy) is 1. The second-order valence-corrected chi connectivity index (χ2v) is 12.2. The largest absolute Gasteiger partial charge is 0.494 e. The lowest BCUT2D eigenvalue weighted by Crippen LogP contribution is -2.45. The fourth-order valence-corrected chi connectivity index (χ4v) is 6.42. The van der Waals surface area contributed by atoms with Crippen LogP contribution in [0.4, 0.5) is 17.1 Å². The van der Waals surface area contributed by atoms with E-state index >= 15 is 0 Å². The number of nitrogens with zero attached hydrogens (tertiary/aromatic N) is 4. The van der Waals surface area contributed by atoms with Crippen molar-refractivity contribution < 1.29 is 19.4 Å². The lowest BCUT2D eigenvalue weighted by molar-refractivity contribution is -0.132. The number of aliphatic imine (C=N–C) groups is 1. The minimum absolute atomic E-state index is 0.0217. The Kier molecular flexibility index (Phi) is 12.1. The van der Waals surface area contributed by atoms with Gasteiger partial charge in [0.1, 0.15) is 12.3 Å². The molecule has 2 aliphatic rings. The fourth-order valence-electron chi connectivity index (χ4n) is 6.42. The predicted molar refractivity (Wildman–Crippen MR) is 182 cm³/mol. The van der Waals surface area contributed by atoms with E-state index in [-0.39, 0.29) is 25.0 Å². The standard InChI is InChI=1S/C37H47N5O4/c38-37-39-34-21-20-33(46-25-11-19-35(44)40(23-24-43)22-10-9-14-29-12-7-8-13-29)26-30(34)27-41(37)28-36(45)42(31-15-3-1-4-16-31)32-17-5-2-6-18-32/h1-6,15-18,20-21,26,29,43H,7-14,19,22-25,27-28H2,(H2,38,39). The number of benzene rings is 3. The van der Waals surface area contributed by atoms with Crippen LogP contribution in [0.5, 0.6) is 5.75 Å². The molecule has 0 atom stereocenters. The molecule has 244 valence electrons. The Morgan fingerprint density at radius 3 is 2.26 bits per heavy atom. The molecule has 0 saturated heterocycles. The van der Waals surface area contributed by atoms with Gasteiger partial charge in [-0.1, -0.05) is 74.9 Å². The lowest BCUT2D eigenvalue weighted by Gasteiger charge is -2.31. The van der Waals surface area contributed by atoms with Gasteiger partial charge in [0, 0.05) is 43.0 Å². The van der Waals surface area contributed by atoms with Crippen LogP contribution in [0.3, 0.4) is 0 Å². The molecule has 9 heteroatoms. The van der Waals surface area contributed by atoms with Gasteiger partial charge in [0.25, 0.3) is 5.91 Å². The Morgan fingerprint density at radius 2 is 1.59 bits per heavy atom. The van der Waals surface area contributed by atoms with Crippen LogP contribution < -0.4 is 15.4 Å². The molecule has 0 radical (unpaired) electrons. The van der Waals surface area contributed by atoms with Gasteiger partial charge in [0.15, 0.2) is 5.96 Å². The van der Waals surface area contributed by atoms with E-state index in [2.05, 4.69) is 4.99 Å². The van der Waals surface area contributed by atoms with Gasteiger partial charge in [-0.15, -0.1) is 0 Å². The highest BCUT2D eigenvalue weighted by Gasteiger charge is 2.25. The number of fused-ring (bicyclic) bond motifs is 1. The molecule has 3 aromatic rings. The maximum Gasteiger partial charge on any atom is 0.251 e. The number of carbonyl (C=O) groups is 2. The molecule has 1 heterocycles. The topological polar surface area (TPSA) is 112 Å². The van der Waals surface area contributed by atoms with Gasteiger partial charge in [-0.05, 0) is 61.2 Å². The third-order valence-electron chi connectivity index (χ3n) is 8.87. The van der Waals surface area contributed by atoms with E-state index < -0.39 is 0 Å². The molecule has 0 bridgehead atoms. The van der Waals surface area contributed by atoms with Crippen molar-refractivity contribution in [3.8, 4) is 5.75 Å². The van der Waals surface area contributed by atoms with Crippen LogP contribution in [-0.4, -0.2) is 65.5 Å². The van der Waals surface area contributed by atoms with Gasteiger partial charge < -0.3 is 25.4 Å². The zero-order valence-corrected chi connectivity index (χ0v) is 26.7. The summed E-state index contributed by atoms with van der Waals surface area (Å²) in [5.41, 5.74) is 9.53. The van der Waals surface area contributed by atoms with E-state index in [0.29, 0.717) is 50.8 Å². The zero-order chi connectivity index (χ0) is 32.1. The summed E-state index contributed by atoms with van der Waals surface area (Å²) in [4.78, 5) is 36.4. The molecule has 2 amide bonds. The Balaban J connectivity index is 1.12. The van der Waals surface area contributed by atoms with E-state index in [1.807, 2.05) is 78.9 Å². The van der Waals surface area contributed by atoms with Crippen LogP contribution >= 0.6 is 0 Å². The Morgan fingerprint density at radius 1 is 0.891 bits per heavy atom. The Hall–Kier alpha value is -4.37. The first-order valence-corrected chi connectivity index (χ1v) is 16.7. The van der Waals surface area contributed by atoms with E-state index in [1.165, 1.54) is 32.1 Å². The number of para-hydroxylation sites is 2. The number of carbonyl (C=O) groups excluding carboxylic acids is 2. The van der Waals surface area contributed by atoms with Crippen molar-refractivity contribution in [3.05, 3.63) is 84.4 Å². The van der Waals surface area contributed by atoms with Crippen molar-refractivity contribution in [1.82, 2.24) is 9.80 Å². The van der Waals surface area contributed by atoms with Gasteiger partial charge in [-0.25, -0.2) is 4.99 Å². The summed E-state index contributed by atoms with van der Waals surface area (Å²) in [7, 11) is 0. The first-order chi connectivity index (χ1) is 22.5. The summed E-state index contributed by atoms with van der Waals surface area (Å²) in [6, 6.07) is 24.8. The zero-order valence-electron chi connectivity index (χ0n) is 26.7. The van der Waals surface area contributed by atoms with Crippen LogP contribution in [0.1, 0.15) is 63.4 Å². The highest BCUT2D eigenvalue weighted by molar-refractivity contribution is 6.03. The lowest BCUT2D eigenvalue weighted by atomic mass is 10.0. The van der Waals surface area contributed by atoms with E-state index in [4.69, 9.17) is 10.5 Å². The molecule has 1 fully saturated rings. The Labute approximate surface area is 272 Å². The molecule has 0 unspecified atom stereocenters. The molecule has 1 aliphatic heterocycles. The summed E-state index contributed by atoms with van der Waals surface area (Å²) in [6.45, 7) is 1.93. The average Bonchev–Trinajstić information content (AvgIpc) is 3.60. The second kappa shape index (κ2) is 16.8. The van der Waals surface area contributed by atoms with Gasteiger partial charge in [0.05, 0.1) is 18.9 Å². The van der Waals surface area contributed by atoms with E-state index in [0.717, 1.165) is 41.4 Å². The van der Waals surface area contributed by atoms with Crippen molar-refractivity contribution in [2.75, 3.05) is 37.7 Å². The van der Waals surface area contributed by atoms with Crippen LogP contribution in [-0.2, 0) is 16.1 Å². The number of rotatable bonds is 16. The monoisotopic (exact) mass is 625 g/mol. The second-order valence-electron chi connectivity index (χ2n) is 12.2. The van der Waals surface area contributed by atoms with Crippen LogP contribution in [0.2, 0.25) is 0 Å². The van der Waals surface area contributed by atoms with Crippen molar-refractivity contribution >= 4 is 34.8 Å². The van der Waals surface area contributed by atoms with Crippen molar-refractivity contribution in [2.24, 2.45) is 16.6 Å². The van der Waals surface area contributed by atoms with Crippen molar-refractivity contribution in [2.45, 2.75) is 64.3 Å². The number of aliphatic hydroxyl groups is 1. The first-order valence-electron chi connectivity index (χ1n) is 16.7. The van der Waals surface area contributed by atoms with E-state index in [1.54, 1.807) is 14.7 Å². The number of hydrogen-bond donors (Lipinski definition) is 2. The minimum atomic E-state index is -0.125. The summed E-state index contributed by atoms with van der Waals surface area (Å²) < 4.78 is 6.02. The van der Waals surface area contributed by atoms with Crippen LogP contribution in [0, 0.1) is 5.92 Å². The molecule has 46 heavy (non-hydrogen) atoms. The molecule has 9 nitrogen and oxygen atoms in total. The smallest absolute Gasteiger partial charge is 0.251 e. The Bertz CT molecular complexity index is 1400. The number of amides is 2. The number of hydrogen-bond acceptors (Lipinski definition) is 7. The molecular weight excluding hydrogens is 578 g/mol. The first kappa shape index (κ1) is 33.0. The van der Waals surface area contributed by atoms with Crippen LogP contribution in [0.25, 0.3) is 0 Å². The number of nitrogens with two attached hydrogens (primary N) is 1. The molecule has 5 rings (SSSR count). The maximum absolute atomic E-state index is 13.7. The molecule has 3 N–H and O–H groups in total. The fraction of sp³-hybridized carbons (Fsp3) is 0.432. The molecule has 1 aliphatic carbocycles. The highest BCUT2D eigenvalue weighted by atomic mass is 16.5. The molecule has 0 spiro atoms. The van der Waals surface area contributed by atoms with Crippen molar-refractivity contribution in [3.63, 3.8) is 0 Å². The van der Waals surface area contributed by atoms with E-state index in [9.17, 15) is 14.7 Å². The van der Waals surface area contributed by atoms with Gasteiger partial charge >= 0.3 is 0 Å². The SMILES string of the molecule is NC1=Nc2ccc(OCCCC(=O)N(CCO)CCCCC3CCCC3)cc2CN1CC(=O)N(c1ccccc1)c1ccccc1. The molecular formula is C37H47N5O4.